The molecule has 0 saturated carbocycles. The molecule has 1 aromatic carbocycles. The third-order valence-electron chi connectivity index (χ3n) is 5.76. The highest BCUT2D eigenvalue weighted by molar-refractivity contribution is 7.16. The van der Waals surface area contributed by atoms with Gasteiger partial charge in [0, 0.05) is 23.1 Å². The van der Waals surface area contributed by atoms with E-state index in [2.05, 4.69) is 63.5 Å². The molecular formula is C23H22N6S. The number of thiazole rings is 1. The van der Waals surface area contributed by atoms with E-state index in [0.29, 0.717) is 16.1 Å². The van der Waals surface area contributed by atoms with Crippen LogP contribution in [0.15, 0.2) is 48.7 Å². The van der Waals surface area contributed by atoms with Crippen molar-refractivity contribution >= 4 is 33.2 Å². The van der Waals surface area contributed by atoms with Crippen molar-refractivity contribution in [2.75, 3.05) is 11.9 Å². The number of rotatable bonds is 5. The maximum Gasteiger partial charge on any atom is 0.189 e. The predicted molar refractivity (Wildman–Crippen MR) is 120 cm³/mol. The minimum atomic E-state index is 0.295. The zero-order valence-electron chi connectivity index (χ0n) is 16.7. The summed E-state index contributed by atoms with van der Waals surface area (Å²) in [6, 6.07) is 17.0. The highest BCUT2D eigenvalue weighted by Crippen LogP contribution is 2.34. The van der Waals surface area contributed by atoms with Crippen LogP contribution >= 0.6 is 11.3 Å². The van der Waals surface area contributed by atoms with Crippen LogP contribution in [0.5, 0.6) is 0 Å². The van der Waals surface area contributed by atoms with E-state index < -0.39 is 0 Å². The average Bonchev–Trinajstić information content (AvgIpc) is 3.49. The van der Waals surface area contributed by atoms with Crippen molar-refractivity contribution in [2.24, 2.45) is 0 Å². The van der Waals surface area contributed by atoms with Crippen molar-refractivity contribution in [3.05, 3.63) is 70.5 Å². The van der Waals surface area contributed by atoms with Crippen LogP contribution in [0, 0.1) is 18.3 Å². The van der Waals surface area contributed by atoms with Gasteiger partial charge in [0.25, 0.3) is 0 Å². The van der Waals surface area contributed by atoms with Gasteiger partial charge in [-0.3, -0.25) is 4.90 Å². The molecule has 150 valence electrons. The summed E-state index contributed by atoms with van der Waals surface area (Å²) in [5.41, 5.74) is 4.88. The summed E-state index contributed by atoms with van der Waals surface area (Å²) in [7, 11) is 0. The smallest absolute Gasteiger partial charge is 0.189 e. The molecule has 4 heterocycles. The maximum atomic E-state index is 8.99. The number of pyridine rings is 1. The Bertz CT molecular complexity index is 1230. The van der Waals surface area contributed by atoms with Crippen molar-refractivity contribution in [3.63, 3.8) is 0 Å². The number of aromatic nitrogens is 3. The van der Waals surface area contributed by atoms with Crippen molar-refractivity contribution in [3.8, 4) is 6.07 Å². The van der Waals surface area contributed by atoms with Crippen molar-refractivity contribution in [1.29, 1.82) is 5.26 Å². The summed E-state index contributed by atoms with van der Waals surface area (Å²) in [6.07, 6.45) is 3.85. The van der Waals surface area contributed by atoms with E-state index in [4.69, 9.17) is 10.2 Å². The number of nitrogens with zero attached hydrogens (tertiary/aromatic N) is 4. The van der Waals surface area contributed by atoms with Gasteiger partial charge in [-0.1, -0.05) is 35.6 Å². The number of fused-ring (bicyclic) bond motifs is 1. The van der Waals surface area contributed by atoms with Gasteiger partial charge in [-0.15, -0.1) is 0 Å². The Hall–Kier alpha value is -3.21. The minimum absolute atomic E-state index is 0.295. The number of benzene rings is 1. The quantitative estimate of drug-likeness (QED) is 0.464. The number of hydrogen-bond acceptors (Lipinski definition) is 6. The van der Waals surface area contributed by atoms with Crippen LogP contribution in [0.25, 0.3) is 10.9 Å². The maximum absolute atomic E-state index is 8.99. The van der Waals surface area contributed by atoms with E-state index in [1.165, 1.54) is 39.9 Å². The molecule has 30 heavy (non-hydrogen) atoms. The van der Waals surface area contributed by atoms with Gasteiger partial charge in [-0.05, 0) is 50.1 Å². The second-order valence-corrected chi connectivity index (χ2v) is 8.65. The van der Waals surface area contributed by atoms with Crippen LogP contribution in [-0.4, -0.2) is 26.4 Å². The highest BCUT2D eigenvalue weighted by atomic mass is 32.1. The summed E-state index contributed by atoms with van der Waals surface area (Å²) in [5.74, 6) is 0.764. The van der Waals surface area contributed by atoms with Gasteiger partial charge in [0.1, 0.15) is 16.8 Å². The number of hydrogen-bond donors (Lipinski definition) is 2. The van der Waals surface area contributed by atoms with Crippen LogP contribution in [0.4, 0.5) is 10.9 Å². The number of nitriles is 1. The first kappa shape index (κ1) is 18.8. The summed E-state index contributed by atoms with van der Waals surface area (Å²) in [5, 5.41) is 14.2. The van der Waals surface area contributed by atoms with Crippen LogP contribution in [-0.2, 0) is 6.54 Å². The standard InChI is InChI=1S/C23H22N6S/c1-15-17-6-2-3-7-18(17)26-20(15)14-29-11-5-9-21(29)19-8-4-10-22(27-19)28-23-25-13-16(12-24)30-23/h2-4,6-8,10,13,21,26H,5,9,11,14H2,1H3,(H,25,27,28)/t21-/m0/s1. The molecule has 1 saturated heterocycles. The molecule has 1 aliphatic heterocycles. The van der Waals surface area contributed by atoms with Gasteiger partial charge in [0.05, 0.1) is 17.9 Å². The molecule has 0 bridgehead atoms. The summed E-state index contributed by atoms with van der Waals surface area (Å²) < 4.78 is 0. The van der Waals surface area contributed by atoms with Crippen molar-refractivity contribution in [1.82, 2.24) is 19.9 Å². The molecule has 0 amide bonds. The lowest BCUT2D eigenvalue weighted by Gasteiger charge is -2.24. The molecule has 4 aromatic rings. The lowest BCUT2D eigenvalue weighted by atomic mass is 10.1. The number of aryl methyl sites for hydroxylation is 1. The normalized spacial score (nSPS) is 16.7. The molecule has 0 radical (unpaired) electrons. The Balaban J connectivity index is 1.37. The summed E-state index contributed by atoms with van der Waals surface area (Å²) in [6.45, 7) is 4.16. The topological polar surface area (TPSA) is 80.6 Å². The molecule has 7 heteroatoms. The molecular weight excluding hydrogens is 392 g/mol. The number of aromatic amines is 1. The fraction of sp³-hybridized carbons (Fsp3) is 0.261. The Morgan fingerprint density at radius 2 is 2.17 bits per heavy atom. The van der Waals surface area contributed by atoms with E-state index in [1.54, 1.807) is 6.20 Å². The second kappa shape index (κ2) is 7.90. The lowest BCUT2D eigenvalue weighted by Crippen LogP contribution is -2.24. The summed E-state index contributed by atoms with van der Waals surface area (Å²) >= 11 is 1.33. The number of likely N-dealkylation sites (tertiary alicyclic amines) is 1. The monoisotopic (exact) mass is 414 g/mol. The van der Waals surface area contributed by atoms with E-state index in [1.807, 2.05) is 12.1 Å². The zero-order chi connectivity index (χ0) is 20.5. The number of H-pyrrole nitrogens is 1. The predicted octanol–water partition coefficient (Wildman–Crippen LogP) is 5.28. The van der Waals surface area contributed by atoms with Gasteiger partial charge in [0.15, 0.2) is 5.13 Å². The second-order valence-electron chi connectivity index (χ2n) is 7.62. The van der Waals surface area contributed by atoms with E-state index >= 15 is 0 Å². The number of para-hydroxylation sites is 1. The van der Waals surface area contributed by atoms with Gasteiger partial charge in [0.2, 0.25) is 0 Å². The number of nitrogens with one attached hydrogen (secondary N) is 2. The largest absolute Gasteiger partial charge is 0.357 e. The van der Waals surface area contributed by atoms with Crippen molar-refractivity contribution in [2.45, 2.75) is 32.4 Å². The SMILES string of the molecule is Cc1c(CN2CCC[C@H]2c2cccc(Nc3ncc(C#N)s3)n2)[nH]c2ccccc12. The molecule has 6 nitrogen and oxygen atoms in total. The number of anilines is 2. The molecule has 1 atom stereocenters. The Morgan fingerprint density at radius 3 is 3.00 bits per heavy atom. The Labute approximate surface area is 179 Å². The first-order valence-electron chi connectivity index (χ1n) is 10.1. The third kappa shape index (κ3) is 3.56. The Morgan fingerprint density at radius 1 is 1.27 bits per heavy atom. The van der Waals surface area contributed by atoms with E-state index in [9.17, 15) is 0 Å². The molecule has 0 unspecified atom stereocenters. The molecule has 0 aliphatic carbocycles. The van der Waals surface area contributed by atoms with Gasteiger partial charge < -0.3 is 10.3 Å². The highest BCUT2D eigenvalue weighted by Gasteiger charge is 2.28. The van der Waals surface area contributed by atoms with Crippen LogP contribution in [0.3, 0.4) is 0 Å². The first-order valence-corrected chi connectivity index (χ1v) is 10.9. The lowest BCUT2D eigenvalue weighted by molar-refractivity contribution is 0.242. The first-order chi connectivity index (χ1) is 14.7. The molecule has 0 spiro atoms. The zero-order valence-corrected chi connectivity index (χ0v) is 17.5. The van der Waals surface area contributed by atoms with Gasteiger partial charge >= 0.3 is 0 Å². The minimum Gasteiger partial charge on any atom is -0.357 e. The fourth-order valence-corrected chi connectivity index (χ4v) is 4.87. The van der Waals surface area contributed by atoms with Crippen LogP contribution in [0.1, 0.15) is 40.7 Å². The van der Waals surface area contributed by atoms with E-state index in [-0.39, 0.29) is 0 Å². The Kier molecular flexibility index (Phi) is 4.95. The molecule has 1 fully saturated rings. The summed E-state index contributed by atoms with van der Waals surface area (Å²) in [4.78, 5) is 15.8. The molecule has 2 N–H and O–H groups in total. The van der Waals surface area contributed by atoms with Gasteiger partial charge in [-0.25, -0.2) is 9.97 Å². The van der Waals surface area contributed by atoms with E-state index in [0.717, 1.165) is 31.0 Å². The third-order valence-corrected chi connectivity index (χ3v) is 6.57. The van der Waals surface area contributed by atoms with Crippen molar-refractivity contribution < 1.29 is 0 Å². The van der Waals surface area contributed by atoms with Gasteiger partial charge in [-0.2, -0.15) is 5.26 Å². The fourth-order valence-electron chi connectivity index (χ4n) is 4.25. The van der Waals surface area contributed by atoms with Crippen LogP contribution < -0.4 is 5.32 Å². The molecule has 5 rings (SSSR count). The molecule has 1 aliphatic rings. The van der Waals surface area contributed by atoms with Crippen LogP contribution in [0.2, 0.25) is 0 Å². The average molecular weight is 415 g/mol. The molecule has 3 aromatic heterocycles.